The lowest BCUT2D eigenvalue weighted by Crippen LogP contribution is -2.22. The van der Waals surface area contributed by atoms with Gasteiger partial charge >= 0.3 is 0 Å². The smallest absolute Gasteiger partial charge is 0.275 e. The van der Waals surface area contributed by atoms with Gasteiger partial charge in [0.1, 0.15) is 12.0 Å². The molecule has 1 amide bonds. The molecule has 1 N–H and O–H groups in total. The van der Waals surface area contributed by atoms with Gasteiger partial charge in [0.15, 0.2) is 5.82 Å². The van der Waals surface area contributed by atoms with Crippen LogP contribution < -0.4 is 10.9 Å². The Kier molecular flexibility index (Phi) is 4.86. The summed E-state index contributed by atoms with van der Waals surface area (Å²) in [6.07, 6.45) is 1.13. The van der Waals surface area contributed by atoms with Crippen LogP contribution in [0.15, 0.2) is 47.5 Å². The van der Waals surface area contributed by atoms with E-state index in [-0.39, 0.29) is 34.0 Å². The molecule has 0 radical (unpaired) electrons. The zero-order chi connectivity index (χ0) is 20.3. The lowest BCUT2D eigenvalue weighted by molar-refractivity contribution is -0.384. The summed E-state index contributed by atoms with van der Waals surface area (Å²) in [4.78, 5) is 42.1. The van der Waals surface area contributed by atoms with E-state index in [1.54, 1.807) is 0 Å². The summed E-state index contributed by atoms with van der Waals surface area (Å²) in [5.74, 6) is -0.463. The number of amides is 1. The molecule has 0 saturated carbocycles. The third-order valence-corrected chi connectivity index (χ3v) is 3.66. The highest BCUT2D eigenvalue weighted by Gasteiger charge is 2.15. The first-order valence-corrected chi connectivity index (χ1v) is 7.75. The van der Waals surface area contributed by atoms with Crippen LogP contribution in [-0.2, 0) is 7.05 Å². The first kappa shape index (κ1) is 18.3. The molecule has 0 bridgehead atoms. The van der Waals surface area contributed by atoms with E-state index in [4.69, 9.17) is 5.26 Å². The molecule has 11 heteroatoms. The summed E-state index contributed by atoms with van der Waals surface area (Å²) < 4.78 is 1.06. The Hall–Kier alpha value is -4.46. The number of carbonyl (C=O) groups is 1. The Morgan fingerprint density at radius 3 is 2.71 bits per heavy atom. The molecule has 11 nitrogen and oxygen atoms in total. The Morgan fingerprint density at radius 2 is 2.04 bits per heavy atom. The number of aromatic nitrogens is 4. The molecule has 0 spiro atoms. The van der Waals surface area contributed by atoms with Crippen LogP contribution in [0.2, 0.25) is 0 Å². The lowest BCUT2D eigenvalue weighted by Gasteiger charge is -2.06. The van der Waals surface area contributed by atoms with Crippen molar-refractivity contribution in [3.63, 3.8) is 0 Å². The number of hydrogen-bond donors (Lipinski definition) is 1. The van der Waals surface area contributed by atoms with Crippen molar-refractivity contribution < 1.29 is 9.72 Å². The van der Waals surface area contributed by atoms with Crippen molar-refractivity contribution in [3.05, 3.63) is 74.5 Å². The van der Waals surface area contributed by atoms with Crippen LogP contribution in [0, 0.1) is 21.4 Å². The Balaban J connectivity index is 1.94. The van der Waals surface area contributed by atoms with Gasteiger partial charge in [0, 0.05) is 30.8 Å². The highest BCUT2D eigenvalue weighted by molar-refractivity contribution is 6.02. The number of nitrogens with zero attached hydrogens (tertiary/aromatic N) is 6. The standard InChI is InChI=1S/C17H11N7O4/c1-23-16(25)3-2-15(22-23)21-17(26)14-7-13(19-9-20-14)11-4-10(8-18)5-12(6-11)24(27)28/h2-7,9H,1H3,(H,21,22,26). The molecule has 28 heavy (non-hydrogen) atoms. The first-order chi connectivity index (χ1) is 13.4. The minimum atomic E-state index is -0.621. The third kappa shape index (κ3) is 3.86. The number of carbonyl (C=O) groups excluding carboxylic acids is 1. The molecule has 0 atom stereocenters. The molecule has 2 heterocycles. The van der Waals surface area contributed by atoms with Gasteiger partial charge in [-0.25, -0.2) is 14.6 Å². The number of nitriles is 1. The Bertz CT molecular complexity index is 1200. The van der Waals surface area contributed by atoms with Crippen LogP contribution >= 0.6 is 0 Å². The largest absolute Gasteiger partial charge is 0.304 e. The van der Waals surface area contributed by atoms with E-state index in [9.17, 15) is 19.7 Å². The minimum absolute atomic E-state index is 0.0225. The van der Waals surface area contributed by atoms with Crippen LogP contribution in [0.1, 0.15) is 16.1 Å². The Labute approximate surface area is 157 Å². The van der Waals surface area contributed by atoms with Crippen molar-refractivity contribution in [1.82, 2.24) is 19.7 Å². The fourth-order valence-electron chi connectivity index (χ4n) is 2.32. The molecule has 1 aromatic carbocycles. The van der Waals surface area contributed by atoms with Gasteiger partial charge < -0.3 is 5.32 Å². The molecule has 138 valence electrons. The number of nitro benzene ring substituents is 1. The van der Waals surface area contributed by atoms with Crippen LogP contribution in [-0.4, -0.2) is 30.6 Å². The number of nitro groups is 1. The molecule has 3 aromatic rings. The maximum atomic E-state index is 12.4. The molecule has 0 aliphatic rings. The molecular weight excluding hydrogens is 366 g/mol. The van der Waals surface area contributed by atoms with Crippen LogP contribution in [0.5, 0.6) is 0 Å². The van der Waals surface area contributed by atoms with Gasteiger partial charge in [-0.3, -0.25) is 19.7 Å². The van der Waals surface area contributed by atoms with Crippen LogP contribution in [0.3, 0.4) is 0 Å². The highest BCUT2D eigenvalue weighted by Crippen LogP contribution is 2.24. The summed E-state index contributed by atoms with van der Waals surface area (Å²) in [7, 11) is 1.44. The molecule has 0 fully saturated rings. The van der Waals surface area contributed by atoms with Gasteiger partial charge in [-0.1, -0.05) is 0 Å². The second-order valence-electron chi connectivity index (χ2n) is 5.56. The monoisotopic (exact) mass is 377 g/mol. The number of hydrogen-bond acceptors (Lipinski definition) is 8. The number of benzene rings is 1. The highest BCUT2D eigenvalue weighted by atomic mass is 16.6. The van der Waals surface area contributed by atoms with E-state index < -0.39 is 10.8 Å². The lowest BCUT2D eigenvalue weighted by atomic mass is 10.1. The van der Waals surface area contributed by atoms with Crippen molar-refractivity contribution >= 4 is 17.4 Å². The molecule has 2 aromatic heterocycles. The van der Waals surface area contributed by atoms with Crippen molar-refractivity contribution in [2.24, 2.45) is 7.05 Å². The van der Waals surface area contributed by atoms with Crippen LogP contribution in [0.4, 0.5) is 11.5 Å². The summed E-state index contributed by atoms with van der Waals surface area (Å²) in [6, 6.07) is 9.59. The topological polar surface area (TPSA) is 157 Å². The fraction of sp³-hybridized carbons (Fsp3) is 0.0588. The van der Waals surface area contributed by atoms with Crippen molar-refractivity contribution in [1.29, 1.82) is 5.26 Å². The normalized spacial score (nSPS) is 10.1. The zero-order valence-corrected chi connectivity index (χ0v) is 14.4. The van der Waals surface area contributed by atoms with Gasteiger partial charge in [0.25, 0.3) is 17.2 Å². The number of aryl methyl sites for hydroxylation is 1. The van der Waals surface area contributed by atoms with Crippen molar-refractivity contribution in [2.75, 3.05) is 5.32 Å². The summed E-state index contributed by atoms with van der Waals surface area (Å²) >= 11 is 0. The predicted molar refractivity (Wildman–Crippen MR) is 96.3 cm³/mol. The molecule has 0 saturated heterocycles. The second kappa shape index (κ2) is 7.42. The number of rotatable bonds is 4. The number of non-ortho nitro benzene ring substituents is 1. The average molecular weight is 377 g/mol. The van der Waals surface area contributed by atoms with Gasteiger partial charge in [-0.15, -0.1) is 0 Å². The summed E-state index contributed by atoms with van der Waals surface area (Å²) in [5.41, 5.74) is -0.0144. The van der Waals surface area contributed by atoms with E-state index in [1.165, 1.54) is 37.4 Å². The maximum Gasteiger partial charge on any atom is 0.275 e. The molecule has 0 unspecified atom stereocenters. The molecule has 0 aliphatic heterocycles. The van der Waals surface area contributed by atoms with E-state index in [1.807, 2.05) is 6.07 Å². The van der Waals surface area contributed by atoms with Gasteiger partial charge in [-0.05, 0) is 18.2 Å². The van der Waals surface area contributed by atoms with E-state index >= 15 is 0 Å². The van der Waals surface area contributed by atoms with E-state index in [2.05, 4.69) is 20.4 Å². The quantitative estimate of drug-likeness (QED) is 0.526. The average Bonchev–Trinajstić information content (AvgIpc) is 2.70. The molecule has 0 aliphatic carbocycles. The van der Waals surface area contributed by atoms with Crippen LogP contribution in [0.25, 0.3) is 11.3 Å². The van der Waals surface area contributed by atoms with E-state index in [0.717, 1.165) is 17.1 Å². The summed E-state index contributed by atoms with van der Waals surface area (Å²) in [6.45, 7) is 0. The van der Waals surface area contributed by atoms with Gasteiger partial charge in [0.2, 0.25) is 0 Å². The SMILES string of the molecule is Cn1nc(NC(=O)c2cc(-c3cc(C#N)cc([N+](=O)[O-])c3)ncn2)ccc1=O. The van der Waals surface area contributed by atoms with E-state index in [0.29, 0.717) is 5.56 Å². The maximum absolute atomic E-state index is 12.4. The number of anilines is 1. The third-order valence-electron chi connectivity index (χ3n) is 3.66. The van der Waals surface area contributed by atoms with Crippen molar-refractivity contribution in [2.45, 2.75) is 0 Å². The fourth-order valence-corrected chi connectivity index (χ4v) is 2.32. The molecular formula is C17H11N7O4. The number of nitrogens with one attached hydrogen (secondary N) is 1. The minimum Gasteiger partial charge on any atom is -0.304 e. The zero-order valence-electron chi connectivity index (χ0n) is 14.4. The second-order valence-corrected chi connectivity index (χ2v) is 5.56. The van der Waals surface area contributed by atoms with Crippen molar-refractivity contribution in [3.8, 4) is 17.3 Å². The van der Waals surface area contributed by atoms with Gasteiger partial charge in [-0.2, -0.15) is 10.4 Å². The summed E-state index contributed by atoms with van der Waals surface area (Å²) in [5, 5.41) is 26.5. The van der Waals surface area contributed by atoms with Gasteiger partial charge in [0.05, 0.1) is 22.2 Å². The molecule has 3 rings (SSSR count). The Morgan fingerprint density at radius 1 is 1.25 bits per heavy atom. The predicted octanol–water partition coefficient (Wildman–Crippen LogP) is 1.27. The first-order valence-electron chi connectivity index (χ1n) is 7.75.